The number of aromatic nitrogens is 2. The van der Waals surface area contributed by atoms with Gasteiger partial charge in [0, 0.05) is 31.4 Å². The van der Waals surface area contributed by atoms with Gasteiger partial charge in [0.15, 0.2) is 0 Å². The maximum absolute atomic E-state index is 12.3. The average molecular weight is 319 g/mol. The molecule has 2 aromatic heterocycles. The van der Waals surface area contributed by atoms with Crippen molar-refractivity contribution >= 4 is 5.65 Å². The molecule has 24 heavy (non-hydrogen) atoms. The fourth-order valence-electron chi connectivity index (χ4n) is 3.07. The van der Waals surface area contributed by atoms with Crippen LogP contribution in [0.3, 0.4) is 0 Å². The molecule has 0 saturated heterocycles. The van der Waals surface area contributed by atoms with E-state index in [1.165, 1.54) is 24.0 Å². The van der Waals surface area contributed by atoms with Crippen molar-refractivity contribution in [2.75, 3.05) is 0 Å². The van der Waals surface area contributed by atoms with Crippen LogP contribution >= 0.6 is 0 Å². The largest absolute Gasteiger partial charge is 0.290 e. The minimum atomic E-state index is -0.0123. The lowest BCUT2D eigenvalue weighted by atomic mass is 10.1. The third-order valence-electron chi connectivity index (χ3n) is 4.56. The monoisotopic (exact) mass is 319 g/mol. The molecule has 3 aromatic rings. The van der Waals surface area contributed by atoms with Crippen molar-refractivity contribution in [3.8, 4) is 0 Å². The number of aryl methyl sites for hydroxylation is 1. The van der Waals surface area contributed by atoms with Crippen molar-refractivity contribution in [1.82, 2.24) is 14.3 Å². The van der Waals surface area contributed by atoms with Crippen LogP contribution in [0.1, 0.15) is 29.7 Å². The van der Waals surface area contributed by atoms with Gasteiger partial charge in [-0.05, 0) is 37.5 Å². The van der Waals surface area contributed by atoms with Gasteiger partial charge in [-0.15, -0.1) is 0 Å². The number of hydrogen-bond donors (Lipinski definition) is 0. The van der Waals surface area contributed by atoms with E-state index in [1.807, 2.05) is 18.2 Å². The Hall–Kier alpha value is -2.46. The van der Waals surface area contributed by atoms with Crippen LogP contribution in [-0.2, 0) is 13.1 Å². The number of rotatable bonds is 5. The molecule has 0 radical (unpaired) electrons. The molecule has 122 valence electrons. The minimum absolute atomic E-state index is 0.0123. The van der Waals surface area contributed by atoms with Crippen LogP contribution in [0.4, 0.5) is 0 Å². The number of hydrogen-bond acceptors (Lipinski definition) is 3. The molecular weight excluding hydrogens is 298 g/mol. The molecule has 0 atom stereocenters. The standard InChI is InChI=1S/C20H21N3O/c1-15-5-7-16(8-6-15)13-22(18-9-10-18)14-17-12-20(24)23-11-3-2-4-19(23)21-17/h2-8,11-12,18H,9-10,13-14H2,1H3. The van der Waals surface area contributed by atoms with Crippen molar-refractivity contribution in [3.05, 3.63) is 81.9 Å². The van der Waals surface area contributed by atoms with Crippen LogP contribution in [0.5, 0.6) is 0 Å². The lowest BCUT2D eigenvalue weighted by Crippen LogP contribution is -2.27. The molecule has 0 bridgehead atoms. The van der Waals surface area contributed by atoms with E-state index in [0.29, 0.717) is 11.7 Å². The highest BCUT2D eigenvalue weighted by Gasteiger charge is 2.29. The first-order valence-electron chi connectivity index (χ1n) is 8.46. The molecule has 1 aliphatic rings. The van der Waals surface area contributed by atoms with Gasteiger partial charge < -0.3 is 0 Å². The Balaban J connectivity index is 1.59. The van der Waals surface area contributed by atoms with Crippen LogP contribution in [0, 0.1) is 6.92 Å². The van der Waals surface area contributed by atoms with Gasteiger partial charge in [0.05, 0.1) is 5.69 Å². The molecule has 0 amide bonds. The number of benzene rings is 1. The third-order valence-corrected chi connectivity index (χ3v) is 4.56. The molecule has 0 N–H and O–H groups in total. The summed E-state index contributed by atoms with van der Waals surface area (Å²) in [6.45, 7) is 3.73. The second-order valence-corrected chi connectivity index (χ2v) is 6.64. The summed E-state index contributed by atoms with van der Waals surface area (Å²) in [6.07, 6.45) is 4.23. The summed E-state index contributed by atoms with van der Waals surface area (Å²) < 4.78 is 1.59. The van der Waals surface area contributed by atoms with E-state index in [4.69, 9.17) is 0 Å². The van der Waals surface area contributed by atoms with Gasteiger partial charge in [-0.1, -0.05) is 35.9 Å². The van der Waals surface area contributed by atoms with E-state index in [-0.39, 0.29) is 5.56 Å². The quantitative estimate of drug-likeness (QED) is 0.725. The molecule has 1 aromatic carbocycles. The van der Waals surface area contributed by atoms with Crippen molar-refractivity contribution in [1.29, 1.82) is 0 Å². The number of fused-ring (bicyclic) bond motifs is 1. The molecule has 4 heteroatoms. The zero-order valence-electron chi connectivity index (χ0n) is 13.9. The van der Waals surface area contributed by atoms with E-state index in [2.05, 4.69) is 41.1 Å². The molecule has 0 unspecified atom stereocenters. The smallest absolute Gasteiger partial charge is 0.258 e. The summed E-state index contributed by atoms with van der Waals surface area (Å²) in [5, 5.41) is 0. The van der Waals surface area contributed by atoms with E-state index in [1.54, 1.807) is 16.7 Å². The van der Waals surface area contributed by atoms with E-state index in [0.717, 1.165) is 18.8 Å². The first-order chi connectivity index (χ1) is 11.7. The SMILES string of the molecule is Cc1ccc(CN(Cc2cc(=O)n3ccccc3n2)C2CC2)cc1. The molecular formula is C20H21N3O. The summed E-state index contributed by atoms with van der Waals surface area (Å²) in [5.41, 5.74) is 4.14. The van der Waals surface area contributed by atoms with E-state index < -0.39 is 0 Å². The molecule has 1 aliphatic carbocycles. The van der Waals surface area contributed by atoms with Crippen LogP contribution < -0.4 is 5.56 Å². The predicted octanol–water partition coefficient (Wildman–Crippen LogP) is 3.17. The molecule has 4 nitrogen and oxygen atoms in total. The van der Waals surface area contributed by atoms with Gasteiger partial charge in [0.25, 0.3) is 5.56 Å². The maximum atomic E-state index is 12.3. The first-order valence-corrected chi connectivity index (χ1v) is 8.46. The zero-order valence-corrected chi connectivity index (χ0v) is 13.9. The van der Waals surface area contributed by atoms with Crippen LogP contribution in [-0.4, -0.2) is 20.3 Å². The van der Waals surface area contributed by atoms with E-state index in [9.17, 15) is 4.79 Å². The number of nitrogens with zero attached hydrogens (tertiary/aromatic N) is 3. The van der Waals surface area contributed by atoms with Gasteiger partial charge in [0.1, 0.15) is 5.65 Å². The molecule has 0 aliphatic heterocycles. The lowest BCUT2D eigenvalue weighted by Gasteiger charge is -2.22. The van der Waals surface area contributed by atoms with Crippen molar-refractivity contribution in [2.45, 2.75) is 38.9 Å². The average Bonchev–Trinajstić information content (AvgIpc) is 3.41. The van der Waals surface area contributed by atoms with Gasteiger partial charge in [0.2, 0.25) is 0 Å². The van der Waals surface area contributed by atoms with Gasteiger partial charge in [-0.2, -0.15) is 0 Å². The van der Waals surface area contributed by atoms with Crippen molar-refractivity contribution < 1.29 is 0 Å². The summed E-state index contributed by atoms with van der Waals surface area (Å²) in [7, 11) is 0. The van der Waals surface area contributed by atoms with Gasteiger partial charge >= 0.3 is 0 Å². The van der Waals surface area contributed by atoms with Gasteiger partial charge in [-0.3, -0.25) is 14.1 Å². The Morgan fingerprint density at radius 2 is 1.92 bits per heavy atom. The second-order valence-electron chi connectivity index (χ2n) is 6.64. The summed E-state index contributed by atoms with van der Waals surface area (Å²) in [5.74, 6) is 0. The maximum Gasteiger partial charge on any atom is 0.258 e. The highest BCUT2D eigenvalue weighted by molar-refractivity contribution is 5.38. The molecule has 1 fully saturated rings. The first kappa shape index (κ1) is 15.1. The molecule has 1 saturated carbocycles. The normalized spacial score (nSPS) is 14.4. The molecule has 2 heterocycles. The van der Waals surface area contributed by atoms with Crippen LogP contribution in [0.2, 0.25) is 0 Å². The third kappa shape index (κ3) is 3.24. The fraction of sp³-hybridized carbons (Fsp3) is 0.300. The Bertz CT molecular complexity index is 910. The van der Waals surface area contributed by atoms with Crippen molar-refractivity contribution in [2.24, 2.45) is 0 Å². The minimum Gasteiger partial charge on any atom is -0.290 e. The number of pyridine rings is 1. The summed E-state index contributed by atoms with van der Waals surface area (Å²) in [6, 6.07) is 16.6. The van der Waals surface area contributed by atoms with Gasteiger partial charge in [-0.25, -0.2) is 4.98 Å². The van der Waals surface area contributed by atoms with Crippen LogP contribution in [0.25, 0.3) is 5.65 Å². The van der Waals surface area contributed by atoms with Crippen LogP contribution in [0.15, 0.2) is 59.5 Å². The summed E-state index contributed by atoms with van der Waals surface area (Å²) in [4.78, 5) is 19.4. The highest BCUT2D eigenvalue weighted by Crippen LogP contribution is 2.29. The predicted molar refractivity (Wildman–Crippen MR) is 94.9 cm³/mol. The topological polar surface area (TPSA) is 37.6 Å². The fourth-order valence-corrected chi connectivity index (χ4v) is 3.07. The second kappa shape index (κ2) is 6.21. The molecule has 0 spiro atoms. The highest BCUT2D eigenvalue weighted by atomic mass is 16.1. The molecule has 4 rings (SSSR count). The lowest BCUT2D eigenvalue weighted by molar-refractivity contribution is 0.243. The zero-order chi connectivity index (χ0) is 16.5. The Morgan fingerprint density at radius 1 is 1.12 bits per heavy atom. The Labute approximate surface area is 141 Å². The van der Waals surface area contributed by atoms with Crippen molar-refractivity contribution in [3.63, 3.8) is 0 Å². The Kier molecular flexibility index (Phi) is 3.90. The summed E-state index contributed by atoms with van der Waals surface area (Å²) >= 11 is 0. The van der Waals surface area contributed by atoms with E-state index >= 15 is 0 Å². The Morgan fingerprint density at radius 3 is 2.67 bits per heavy atom.